The summed E-state index contributed by atoms with van der Waals surface area (Å²) in [5.74, 6) is 0.0713. The lowest BCUT2D eigenvalue weighted by molar-refractivity contribution is 0.0818. The molecule has 0 fully saturated rings. The van der Waals surface area contributed by atoms with Crippen molar-refractivity contribution in [2.75, 3.05) is 12.3 Å². The number of halogens is 3. The third-order valence-corrected chi connectivity index (χ3v) is 1.48. The Bertz CT molecular complexity index is 296. The predicted octanol–water partition coefficient (Wildman–Crippen LogP) is 1.96. The van der Waals surface area contributed by atoms with Crippen LogP contribution in [0, 0.1) is 0 Å². The molecule has 0 spiro atoms. The van der Waals surface area contributed by atoms with E-state index in [0.29, 0.717) is 5.69 Å². The number of rotatable bonds is 3. The first-order valence-corrected chi connectivity index (χ1v) is 3.79. The number of alkyl halides is 2. The highest BCUT2D eigenvalue weighted by Gasteiger charge is 2.07. The van der Waals surface area contributed by atoms with Crippen molar-refractivity contribution in [2.24, 2.45) is 0 Å². The van der Waals surface area contributed by atoms with E-state index in [1.54, 1.807) is 0 Å². The molecule has 0 bridgehead atoms. The minimum Gasteiger partial charge on any atom is -0.484 e. The predicted molar refractivity (Wildman–Crippen MR) is 45.2 cm³/mol. The Morgan fingerprint density at radius 1 is 1.62 bits per heavy atom. The quantitative estimate of drug-likeness (QED) is 0.773. The molecule has 0 aliphatic rings. The summed E-state index contributed by atoms with van der Waals surface area (Å²) in [6.45, 7) is -0.717. The number of hydrogen-bond donors (Lipinski definition) is 1. The number of nitrogens with two attached hydrogens (primary N) is 1. The van der Waals surface area contributed by atoms with Crippen LogP contribution in [0.5, 0.6) is 5.75 Å². The van der Waals surface area contributed by atoms with Crippen LogP contribution in [-0.2, 0) is 0 Å². The van der Waals surface area contributed by atoms with Crippen molar-refractivity contribution in [3.63, 3.8) is 0 Å². The molecule has 0 aromatic carbocycles. The van der Waals surface area contributed by atoms with E-state index < -0.39 is 13.0 Å². The zero-order valence-electron chi connectivity index (χ0n) is 6.51. The summed E-state index contributed by atoms with van der Waals surface area (Å²) in [7, 11) is 0. The molecular weight excluding hydrogens is 202 g/mol. The molecule has 0 amide bonds. The Hall–Kier alpha value is -1.10. The summed E-state index contributed by atoms with van der Waals surface area (Å²) in [4.78, 5) is 3.63. The molecule has 1 rings (SSSR count). The second kappa shape index (κ2) is 4.23. The maximum absolute atomic E-state index is 11.7. The highest BCUT2D eigenvalue weighted by molar-refractivity contribution is 6.30. The maximum atomic E-state index is 11.7. The Labute approximate surface area is 78.5 Å². The molecule has 0 atom stereocenters. The van der Waals surface area contributed by atoms with Gasteiger partial charge in [-0.05, 0) is 0 Å². The van der Waals surface area contributed by atoms with Gasteiger partial charge in [-0.15, -0.1) is 0 Å². The number of nitrogen functional groups attached to an aromatic ring is 1. The Kier molecular flexibility index (Phi) is 3.25. The minimum absolute atomic E-state index is 0.0230. The van der Waals surface area contributed by atoms with Crippen LogP contribution in [0.25, 0.3) is 0 Å². The molecule has 72 valence electrons. The van der Waals surface area contributed by atoms with E-state index in [2.05, 4.69) is 9.72 Å². The van der Waals surface area contributed by atoms with Crippen LogP contribution in [-0.4, -0.2) is 18.0 Å². The summed E-state index contributed by atoms with van der Waals surface area (Å²) in [5.41, 5.74) is 5.66. The van der Waals surface area contributed by atoms with Crippen molar-refractivity contribution in [3.8, 4) is 5.75 Å². The van der Waals surface area contributed by atoms with E-state index in [4.69, 9.17) is 17.3 Å². The van der Waals surface area contributed by atoms with Crippen molar-refractivity contribution < 1.29 is 13.5 Å². The monoisotopic (exact) mass is 208 g/mol. The zero-order chi connectivity index (χ0) is 9.84. The molecule has 1 heterocycles. The third kappa shape index (κ3) is 3.02. The van der Waals surface area contributed by atoms with Gasteiger partial charge in [0.15, 0.2) is 10.9 Å². The van der Waals surface area contributed by atoms with Gasteiger partial charge in [0, 0.05) is 6.07 Å². The molecule has 0 aliphatic heterocycles. The van der Waals surface area contributed by atoms with E-state index in [0.717, 1.165) is 0 Å². The topological polar surface area (TPSA) is 48.1 Å². The van der Waals surface area contributed by atoms with Gasteiger partial charge in [-0.1, -0.05) is 11.6 Å². The van der Waals surface area contributed by atoms with Crippen LogP contribution < -0.4 is 10.5 Å². The molecular formula is C7H7ClF2N2O. The molecule has 2 N–H and O–H groups in total. The normalized spacial score (nSPS) is 10.5. The Morgan fingerprint density at radius 3 is 2.92 bits per heavy atom. The summed E-state index contributed by atoms with van der Waals surface area (Å²) in [6.07, 6.45) is -1.23. The summed E-state index contributed by atoms with van der Waals surface area (Å²) >= 11 is 5.54. The second-order valence-corrected chi connectivity index (χ2v) is 2.62. The average Bonchev–Trinajstić information content (AvgIpc) is 2.06. The summed E-state index contributed by atoms with van der Waals surface area (Å²) in [6, 6.07) is 1.34. The lowest BCUT2D eigenvalue weighted by Gasteiger charge is -2.06. The van der Waals surface area contributed by atoms with Gasteiger partial charge in [-0.3, -0.25) is 0 Å². The van der Waals surface area contributed by atoms with Gasteiger partial charge in [0.25, 0.3) is 6.43 Å². The van der Waals surface area contributed by atoms with E-state index in [1.165, 1.54) is 12.3 Å². The highest BCUT2D eigenvalue weighted by atomic mass is 35.5. The van der Waals surface area contributed by atoms with Gasteiger partial charge in [0.1, 0.15) is 6.61 Å². The number of hydrogen-bond acceptors (Lipinski definition) is 3. The fourth-order valence-electron chi connectivity index (χ4n) is 0.697. The average molecular weight is 209 g/mol. The number of ether oxygens (including phenoxy) is 1. The molecule has 3 nitrogen and oxygen atoms in total. The van der Waals surface area contributed by atoms with Gasteiger partial charge in [0.05, 0.1) is 11.9 Å². The fourth-order valence-corrected chi connectivity index (χ4v) is 0.855. The van der Waals surface area contributed by atoms with Gasteiger partial charge in [0.2, 0.25) is 0 Å². The SMILES string of the molecule is Nc1cnc(Cl)c(OCC(F)F)c1. The molecule has 0 radical (unpaired) electrons. The first-order chi connectivity index (χ1) is 6.09. The molecule has 0 saturated carbocycles. The first-order valence-electron chi connectivity index (χ1n) is 3.41. The Morgan fingerprint density at radius 2 is 2.31 bits per heavy atom. The van der Waals surface area contributed by atoms with Gasteiger partial charge >= 0.3 is 0 Å². The Balaban J connectivity index is 2.70. The second-order valence-electron chi connectivity index (χ2n) is 2.26. The minimum atomic E-state index is -2.54. The number of anilines is 1. The van der Waals surface area contributed by atoms with Crippen molar-refractivity contribution >= 4 is 17.3 Å². The van der Waals surface area contributed by atoms with E-state index in [1.807, 2.05) is 0 Å². The van der Waals surface area contributed by atoms with Gasteiger partial charge in [-0.2, -0.15) is 0 Å². The van der Waals surface area contributed by atoms with Crippen LogP contribution >= 0.6 is 11.6 Å². The summed E-state index contributed by atoms with van der Waals surface area (Å²) < 4.78 is 28.1. The fraction of sp³-hybridized carbons (Fsp3) is 0.286. The molecule has 1 aromatic heterocycles. The third-order valence-electron chi connectivity index (χ3n) is 1.19. The number of pyridine rings is 1. The molecule has 6 heteroatoms. The standard InChI is InChI=1S/C7H7ClF2N2O/c8-7-5(13-3-6(9)10)1-4(11)2-12-7/h1-2,6H,3,11H2. The lowest BCUT2D eigenvalue weighted by atomic mass is 10.4. The van der Waals surface area contributed by atoms with Crippen molar-refractivity contribution in [1.29, 1.82) is 0 Å². The van der Waals surface area contributed by atoms with Crippen molar-refractivity contribution in [3.05, 3.63) is 17.4 Å². The molecule has 13 heavy (non-hydrogen) atoms. The maximum Gasteiger partial charge on any atom is 0.272 e. The molecule has 0 saturated heterocycles. The molecule has 1 aromatic rings. The number of nitrogens with zero attached hydrogens (tertiary/aromatic N) is 1. The van der Waals surface area contributed by atoms with Crippen LogP contribution in [0.1, 0.15) is 0 Å². The lowest BCUT2D eigenvalue weighted by Crippen LogP contribution is -2.07. The van der Waals surface area contributed by atoms with E-state index in [-0.39, 0.29) is 10.9 Å². The van der Waals surface area contributed by atoms with E-state index >= 15 is 0 Å². The molecule has 0 unspecified atom stereocenters. The van der Waals surface area contributed by atoms with Gasteiger partial charge in [-0.25, -0.2) is 13.8 Å². The first kappa shape index (κ1) is 9.98. The van der Waals surface area contributed by atoms with E-state index in [9.17, 15) is 8.78 Å². The highest BCUT2D eigenvalue weighted by Crippen LogP contribution is 2.23. The van der Waals surface area contributed by atoms with Crippen LogP contribution in [0.3, 0.4) is 0 Å². The summed E-state index contributed by atoms with van der Waals surface area (Å²) in [5, 5.41) is 0.0230. The van der Waals surface area contributed by atoms with Crippen molar-refractivity contribution in [1.82, 2.24) is 4.98 Å². The van der Waals surface area contributed by atoms with Crippen molar-refractivity contribution in [2.45, 2.75) is 6.43 Å². The van der Waals surface area contributed by atoms with Crippen LogP contribution in [0.2, 0.25) is 5.15 Å². The number of aromatic nitrogens is 1. The molecule has 0 aliphatic carbocycles. The van der Waals surface area contributed by atoms with Crippen LogP contribution in [0.4, 0.5) is 14.5 Å². The zero-order valence-corrected chi connectivity index (χ0v) is 7.26. The van der Waals surface area contributed by atoms with Crippen LogP contribution in [0.15, 0.2) is 12.3 Å². The largest absolute Gasteiger partial charge is 0.484 e. The smallest absolute Gasteiger partial charge is 0.272 e. The van der Waals surface area contributed by atoms with Gasteiger partial charge < -0.3 is 10.5 Å².